The number of sulfonamides is 2. The van der Waals surface area contributed by atoms with E-state index in [2.05, 4.69) is 30.6 Å². The molecule has 0 bridgehead atoms. The number of aromatic hydroxyl groups is 1. The number of carbonyl (C=O) groups is 2. The summed E-state index contributed by atoms with van der Waals surface area (Å²) in [5.41, 5.74) is 1.33. The Morgan fingerprint density at radius 2 is 1.11 bits per heavy atom. The molecule has 0 unspecified atom stereocenters. The molecule has 2 amide bonds. The van der Waals surface area contributed by atoms with Crippen LogP contribution in [0.5, 0.6) is 11.5 Å². The molecule has 4 aromatic heterocycles. The molecule has 3 N–H and O–H groups in total. The number of halogens is 2. The molecule has 0 radical (unpaired) electrons. The van der Waals surface area contributed by atoms with Crippen molar-refractivity contribution in [2.24, 2.45) is 0 Å². The maximum Gasteiger partial charge on any atom is 1.00 e. The first-order valence-electron chi connectivity index (χ1n) is 22.2. The van der Waals surface area contributed by atoms with E-state index >= 15 is 0 Å². The maximum atomic E-state index is 13.5. The fourth-order valence-corrected chi connectivity index (χ4v) is 11.8. The molecule has 25 heteroatoms. The Morgan fingerprint density at radius 3 is 1.59 bits per heavy atom. The van der Waals surface area contributed by atoms with E-state index in [0.717, 1.165) is 17.0 Å². The van der Waals surface area contributed by atoms with Crippen molar-refractivity contribution in [2.45, 2.75) is 50.6 Å². The molecule has 2 aliphatic rings. The van der Waals surface area contributed by atoms with Crippen molar-refractivity contribution in [1.82, 2.24) is 30.6 Å². The smallest absolute Gasteiger partial charge is 0.857 e. The first-order valence-corrected chi connectivity index (χ1v) is 26.8. The number of hydrogen-bond acceptors (Lipinski definition) is 15. The monoisotopic (exact) mass is 1070 g/mol. The Hall–Kier alpha value is -6.41. The van der Waals surface area contributed by atoms with Crippen LogP contribution in [0.25, 0.3) is 21.8 Å². The van der Waals surface area contributed by atoms with E-state index < -0.39 is 70.8 Å². The predicted octanol–water partition coefficient (Wildman–Crippen LogP) is 2.02. The van der Waals surface area contributed by atoms with Crippen LogP contribution in [0.15, 0.2) is 114 Å². The molecule has 378 valence electrons. The fraction of sp³-hybridized carbons (Fsp3) is 0.250. The van der Waals surface area contributed by atoms with Gasteiger partial charge in [0.05, 0.1) is 11.5 Å². The predicted molar refractivity (Wildman–Crippen MR) is 262 cm³/mol. The van der Waals surface area contributed by atoms with Gasteiger partial charge in [0.25, 0.3) is 11.8 Å². The number of hydrogen-bond donors (Lipinski definition) is 3. The van der Waals surface area contributed by atoms with Crippen molar-refractivity contribution in [3.05, 3.63) is 149 Å². The normalized spacial score (nSPS) is 14.9. The van der Waals surface area contributed by atoms with Gasteiger partial charge < -0.3 is 25.0 Å². The van der Waals surface area contributed by atoms with Crippen LogP contribution in [0, 0.1) is 18.6 Å². The minimum atomic E-state index is -4.44. The van der Waals surface area contributed by atoms with Crippen LogP contribution in [-0.4, -0.2) is 93.8 Å². The largest absolute Gasteiger partial charge is 1.00 e. The number of nitrogens with one attached hydrogen (secondary N) is 2. The van der Waals surface area contributed by atoms with Gasteiger partial charge in [-0.25, -0.2) is 35.6 Å². The summed E-state index contributed by atoms with van der Waals surface area (Å²) in [4.78, 5) is 43.1. The third-order valence-corrected chi connectivity index (χ3v) is 16.1. The molecule has 2 aliphatic heterocycles. The Morgan fingerprint density at radius 1 is 0.671 bits per heavy atom. The molecule has 3 aromatic carbocycles. The van der Waals surface area contributed by atoms with Crippen LogP contribution in [0.2, 0.25) is 0 Å². The van der Waals surface area contributed by atoms with E-state index in [0.29, 0.717) is 42.2 Å². The van der Waals surface area contributed by atoms with Crippen LogP contribution in [-0.2, 0) is 43.3 Å². The number of aryl methyl sites for hydroxylation is 1. The molecule has 6 heterocycles. The molecule has 0 saturated carbocycles. The van der Waals surface area contributed by atoms with Crippen molar-refractivity contribution >= 4 is 75.4 Å². The molecule has 7 aromatic rings. The van der Waals surface area contributed by atoms with Gasteiger partial charge in [-0.05, 0) is 104 Å². The van der Waals surface area contributed by atoms with Crippen molar-refractivity contribution in [1.29, 1.82) is 0 Å². The Labute approximate surface area is 442 Å². The average Bonchev–Trinajstić information content (AvgIpc) is 3.37. The van der Waals surface area contributed by atoms with E-state index in [1.807, 2.05) is 0 Å². The molecule has 2 saturated heterocycles. The number of carbonyl (C=O) groups excluding carboxylic acids is 2. The molecule has 2 fully saturated rings. The number of benzene rings is 3. The molecular formula is C48H47F2N8NaO11S3. The second kappa shape index (κ2) is 24.1. The van der Waals surface area contributed by atoms with Crippen LogP contribution < -0.4 is 58.1 Å². The molecule has 73 heavy (non-hydrogen) atoms. The quantitative estimate of drug-likeness (QED) is 0.124. The summed E-state index contributed by atoms with van der Waals surface area (Å²) in [5.74, 6) is -3.31. The summed E-state index contributed by atoms with van der Waals surface area (Å²) in [6.45, 7) is 2.22. The van der Waals surface area contributed by atoms with Crippen LogP contribution in [0.1, 0.15) is 63.4 Å². The zero-order chi connectivity index (χ0) is 51.8. The molecule has 9 rings (SSSR count). The Kier molecular flexibility index (Phi) is 18.4. The second-order valence-electron chi connectivity index (χ2n) is 16.2. The van der Waals surface area contributed by atoms with Gasteiger partial charge in [0.2, 0.25) is 25.8 Å². The van der Waals surface area contributed by atoms with Crippen molar-refractivity contribution in [2.75, 3.05) is 40.3 Å². The Bertz CT molecular complexity index is 3470. The molecular weight excluding hydrogens is 1020 g/mol. The minimum absolute atomic E-state index is 0. The van der Waals surface area contributed by atoms with Gasteiger partial charge in [0, 0.05) is 49.3 Å². The molecule has 19 nitrogen and oxygen atoms in total. The fourth-order valence-electron chi connectivity index (χ4n) is 7.63. The summed E-state index contributed by atoms with van der Waals surface area (Å²) in [5, 5.41) is 24.6. The first-order chi connectivity index (χ1) is 34.4. The molecule has 0 spiro atoms. The van der Waals surface area contributed by atoms with Gasteiger partial charge in [-0.1, -0.05) is 42.0 Å². The average molecular weight is 1070 g/mol. The first kappa shape index (κ1) is 55.9. The number of anilines is 2. The van der Waals surface area contributed by atoms with Crippen LogP contribution in [0.4, 0.5) is 20.4 Å². The van der Waals surface area contributed by atoms with Gasteiger partial charge in [-0.2, -0.15) is 15.5 Å². The Balaban J connectivity index is 0.000000236. The number of aromatic nitrogens is 4. The van der Waals surface area contributed by atoms with Gasteiger partial charge in [0.15, 0.2) is 28.8 Å². The number of rotatable bonds is 11. The molecule has 0 atom stereocenters. The van der Waals surface area contributed by atoms with E-state index in [1.165, 1.54) is 77.4 Å². The topological polar surface area (TPSA) is 271 Å². The zero-order valence-electron chi connectivity index (χ0n) is 39.7. The number of fused-ring (bicyclic) bond motifs is 2. The van der Waals surface area contributed by atoms with Gasteiger partial charge >= 0.3 is 39.7 Å². The van der Waals surface area contributed by atoms with Crippen LogP contribution in [0.3, 0.4) is 0 Å². The van der Waals surface area contributed by atoms with E-state index in [1.54, 1.807) is 43.3 Å². The van der Waals surface area contributed by atoms with Crippen molar-refractivity contribution in [3.63, 3.8) is 0 Å². The summed E-state index contributed by atoms with van der Waals surface area (Å²) >= 11 is 0. The van der Waals surface area contributed by atoms with Gasteiger partial charge in [-0.15, -0.1) is 0 Å². The van der Waals surface area contributed by atoms with Crippen molar-refractivity contribution in [3.8, 4) is 11.5 Å². The summed E-state index contributed by atoms with van der Waals surface area (Å²) in [6.07, 6.45) is 5.09. The van der Waals surface area contributed by atoms with Gasteiger partial charge in [0.1, 0.15) is 27.6 Å². The maximum absolute atomic E-state index is 13.5. The summed E-state index contributed by atoms with van der Waals surface area (Å²) in [6, 6.07) is 23.3. The number of amides is 2. The standard InChI is InChI=1S/C27H25FN4O6S2.C20H19FN4O4S.CH3O.Na/c1-18-6-12-21(13-7-18)40(36,37)38-25-23-22(5-4-14-29-23)26(32-15-2-3-16-39(32,34)35)31-24(25)27(33)30-17-19-8-10-20(28)11-9-19;21-14-7-5-13(6-8-14)12-23-20(27)17-18(26)16-15(4-3-9-22-16)19(24-17)25-10-1-2-11-30(25,28)29;1-2;/h4-14H,2-3,15-17H2,1H3,(H,30,33);3-9,26H,1-2,10-12H2,(H,23,27);1H3;/q;;-1;+1. The number of nitrogens with zero attached hydrogens (tertiary/aromatic N) is 6. The SMILES string of the molecule is C[O-].Cc1ccc(S(=O)(=O)Oc2c(C(=O)NCc3ccc(F)cc3)nc(N3CCCCS3(=O)=O)c3cccnc23)cc1.O=C(NCc1ccc(F)cc1)c1nc(N2CCCCS2(=O)=O)c2cccnc2c1O.[Na+]. The van der Waals surface area contributed by atoms with Crippen molar-refractivity contribution < 1.29 is 87.6 Å². The van der Waals surface area contributed by atoms with Gasteiger partial charge in [-0.3, -0.25) is 28.2 Å². The second-order valence-corrected chi connectivity index (χ2v) is 21.8. The van der Waals surface area contributed by atoms with E-state index in [9.17, 15) is 48.7 Å². The van der Waals surface area contributed by atoms with E-state index in [4.69, 9.17) is 9.29 Å². The third kappa shape index (κ3) is 13.0. The summed E-state index contributed by atoms with van der Waals surface area (Å²) < 4.78 is 112. The van der Waals surface area contributed by atoms with Crippen LogP contribution >= 0.6 is 0 Å². The third-order valence-electron chi connectivity index (χ3n) is 11.2. The summed E-state index contributed by atoms with van der Waals surface area (Å²) in [7, 11) is -11.0. The van der Waals surface area contributed by atoms with E-state index in [-0.39, 0.29) is 106 Å². The zero-order valence-corrected chi connectivity index (χ0v) is 44.1. The number of pyridine rings is 4. The minimum Gasteiger partial charge on any atom is -0.857 e. The molecule has 0 aliphatic carbocycles.